The minimum absolute atomic E-state index is 0. The average molecular weight is 554 g/mol. The van der Waals surface area contributed by atoms with Crippen molar-refractivity contribution < 1.29 is 12.9 Å². The summed E-state index contributed by atoms with van der Waals surface area (Å²) >= 11 is 6.00. The van der Waals surface area contributed by atoms with Crippen molar-refractivity contribution in [3.8, 4) is 11.4 Å². The average Bonchev–Trinajstić information content (AvgIpc) is 3.10. The second-order valence-corrected chi connectivity index (χ2v) is 10.4. The normalized spacial score (nSPS) is 18.2. The summed E-state index contributed by atoms with van der Waals surface area (Å²) in [5, 5.41) is 7.78. The van der Waals surface area contributed by atoms with Gasteiger partial charge < -0.3 is 14.7 Å². The zero-order valence-electron chi connectivity index (χ0n) is 16.6. The largest absolute Gasteiger partial charge is 0.357 e. The summed E-state index contributed by atoms with van der Waals surface area (Å²) in [6.07, 6.45) is 0. The third kappa shape index (κ3) is 5.60. The van der Waals surface area contributed by atoms with E-state index in [2.05, 4.69) is 20.4 Å². The fourth-order valence-electron chi connectivity index (χ4n) is 2.96. The molecular formula is C18H25ClIN5O3S. The van der Waals surface area contributed by atoms with Gasteiger partial charge in [-0.25, -0.2) is 13.4 Å². The summed E-state index contributed by atoms with van der Waals surface area (Å²) in [7, 11) is -3.12. The van der Waals surface area contributed by atoms with Crippen molar-refractivity contribution >= 4 is 51.4 Å². The van der Waals surface area contributed by atoms with Gasteiger partial charge in [-0.05, 0) is 32.9 Å². The van der Waals surface area contributed by atoms with E-state index < -0.39 is 14.6 Å². The van der Waals surface area contributed by atoms with Gasteiger partial charge in [0.2, 0.25) is 11.7 Å². The molecule has 1 aliphatic heterocycles. The molecule has 0 aliphatic carbocycles. The van der Waals surface area contributed by atoms with Gasteiger partial charge in [0.05, 0.1) is 10.5 Å². The molecule has 2 aromatic rings. The first-order valence-corrected chi connectivity index (χ1v) is 11.1. The number of rotatable bonds is 4. The van der Waals surface area contributed by atoms with Crippen molar-refractivity contribution in [2.45, 2.75) is 32.1 Å². The maximum Gasteiger partial charge on any atom is 0.248 e. The molecule has 0 unspecified atom stereocenters. The Morgan fingerprint density at radius 3 is 2.83 bits per heavy atom. The van der Waals surface area contributed by atoms with E-state index in [0.29, 0.717) is 42.3 Å². The molecule has 29 heavy (non-hydrogen) atoms. The lowest BCUT2D eigenvalue weighted by molar-refractivity contribution is 0.350. The van der Waals surface area contributed by atoms with Crippen LogP contribution in [0.4, 0.5) is 0 Å². The summed E-state index contributed by atoms with van der Waals surface area (Å²) < 4.78 is 28.9. The van der Waals surface area contributed by atoms with Gasteiger partial charge in [0.15, 0.2) is 15.8 Å². The Morgan fingerprint density at radius 2 is 2.17 bits per heavy atom. The predicted molar refractivity (Wildman–Crippen MR) is 124 cm³/mol. The monoisotopic (exact) mass is 553 g/mol. The molecule has 0 spiro atoms. The SMILES string of the molecule is CCNC(=NCc1nc(-c2cccc(Cl)c2)no1)N1CCS(=O)(=O)C(C)(C)C1.I. The molecule has 0 bridgehead atoms. The zero-order chi connectivity index (χ0) is 20.4. The van der Waals surface area contributed by atoms with E-state index in [0.717, 1.165) is 5.56 Å². The van der Waals surface area contributed by atoms with Crippen LogP contribution in [0, 0.1) is 0 Å². The van der Waals surface area contributed by atoms with Crippen molar-refractivity contribution in [3.05, 3.63) is 35.2 Å². The van der Waals surface area contributed by atoms with Crippen LogP contribution in [0.2, 0.25) is 5.02 Å². The number of aromatic nitrogens is 2. The minimum Gasteiger partial charge on any atom is -0.357 e. The van der Waals surface area contributed by atoms with Crippen LogP contribution in [-0.2, 0) is 16.4 Å². The minimum atomic E-state index is -3.12. The van der Waals surface area contributed by atoms with Gasteiger partial charge in [0, 0.05) is 30.2 Å². The lowest BCUT2D eigenvalue weighted by atomic mass is 10.2. The predicted octanol–water partition coefficient (Wildman–Crippen LogP) is 2.98. The van der Waals surface area contributed by atoms with E-state index in [9.17, 15) is 8.42 Å². The third-order valence-electron chi connectivity index (χ3n) is 4.59. The van der Waals surface area contributed by atoms with Crippen LogP contribution in [0.15, 0.2) is 33.8 Å². The van der Waals surface area contributed by atoms with Gasteiger partial charge >= 0.3 is 0 Å². The van der Waals surface area contributed by atoms with Crippen LogP contribution >= 0.6 is 35.6 Å². The number of halogens is 2. The second kappa shape index (κ2) is 9.61. The Hall–Kier alpha value is -1.40. The number of nitrogens with one attached hydrogen (secondary N) is 1. The molecular weight excluding hydrogens is 529 g/mol. The fourth-order valence-corrected chi connectivity index (χ4v) is 4.51. The summed E-state index contributed by atoms with van der Waals surface area (Å²) in [6.45, 7) is 7.08. The Morgan fingerprint density at radius 1 is 1.41 bits per heavy atom. The van der Waals surface area contributed by atoms with E-state index >= 15 is 0 Å². The summed E-state index contributed by atoms with van der Waals surface area (Å²) in [5.41, 5.74) is 0.765. The highest BCUT2D eigenvalue weighted by atomic mass is 127. The quantitative estimate of drug-likeness (QED) is 0.353. The van der Waals surface area contributed by atoms with Crippen LogP contribution in [0.5, 0.6) is 0 Å². The standard InChI is InChI=1S/C18H24ClN5O3S.HI/c1-4-20-17(24-8-9-28(25,26)18(2,3)12-24)21-11-15-22-16(23-27-15)13-6-5-7-14(19)10-13;/h5-7,10H,4,8-9,11-12H2,1-3H3,(H,20,21);1H. The molecule has 160 valence electrons. The molecule has 0 atom stereocenters. The Bertz CT molecular complexity index is 977. The topological polar surface area (TPSA) is 101 Å². The smallest absolute Gasteiger partial charge is 0.248 e. The maximum atomic E-state index is 12.2. The van der Waals surface area contributed by atoms with Crippen molar-refractivity contribution in [1.82, 2.24) is 20.4 Å². The third-order valence-corrected chi connectivity index (χ3v) is 7.36. The van der Waals surface area contributed by atoms with Crippen molar-refractivity contribution in [1.29, 1.82) is 0 Å². The first-order valence-electron chi connectivity index (χ1n) is 9.06. The second-order valence-electron chi connectivity index (χ2n) is 7.19. The Labute approximate surface area is 193 Å². The number of nitrogens with zero attached hydrogens (tertiary/aromatic N) is 4. The lowest BCUT2D eigenvalue weighted by Gasteiger charge is -2.39. The summed E-state index contributed by atoms with van der Waals surface area (Å²) in [4.78, 5) is 10.9. The molecule has 2 heterocycles. The lowest BCUT2D eigenvalue weighted by Crippen LogP contribution is -2.57. The van der Waals surface area contributed by atoms with E-state index in [1.807, 2.05) is 24.0 Å². The van der Waals surface area contributed by atoms with Crippen LogP contribution in [0.3, 0.4) is 0 Å². The number of guanidine groups is 1. The van der Waals surface area contributed by atoms with E-state index in [4.69, 9.17) is 16.1 Å². The highest BCUT2D eigenvalue weighted by Gasteiger charge is 2.41. The molecule has 0 amide bonds. The van der Waals surface area contributed by atoms with Crippen LogP contribution in [-0.4, -0.2) is 59.6 Å². The van der Waals surface area contributed by atoms with Crippen LogP contribution in [0.25, 0.3) is 11.4 Å². The molecule has 8 nitrogen and oxygen atoms in total. The zero-order valence-corrected chi connectivity index (χ0v) is 20.5. The van der Waals surface area contributed by atoms with Gasteiger partial charge in [0.25, 0.3) is 0 Å². The van der Waals surface area contributed by atoms with Crippen molar-refractivity contribution in [2.24, 2.45) is 4.99 Å². The molecule has 0 saturated carbocycles. The first-order chi connectivity index (χ1) is 13.2. The number of aliphatic imine (C=N–C) groups is 1. The van der Waals surface area contributed by atoms with Gasteiger partial charge in [0.1, 0.15) is 6.54 Å². The van der Waals surface area contributed by atoms with Crippen molar-refractivity contribution in [2.75, 3.05) is 25.4 Å². The molecule has 11 heteroatoms. The van der Waals surface area contributed by atoms with Gasteiger partial charge in [-0.15, -0.1) is 24.0 Å². The molecule has 1 N–H and O–H groups in total. The van der Waals surface area contributed by atoms with Crippen LogP contribution in [0.1, 0.15) is 26.7 Å². The Balaban J connectivity index is 0.00000300. The number of hydrogen-bond donors (Lipinski definition) is 1. The van der Waals surface area contributed by atoms with Gasteiger partial charge in [-0.2, -0.15) is 4.98 Å². The highest BCUT2D eigenvalue weighted by molar-refractivity contribution is 14.0. The summed E-state index contributed by atoms with van der Waals surface area (Å²) in [6, 6.07) is 7.21. The molecule has 3 rings (SSSR count). The molecule has 1 aliphatic rings. The maximum absolute atomic E-state index is 12.2. The molecule has 0 radical (unpaired) electrons. The number of benzene rings is 1. The van der Waals surface area contributed by atoms with Gasteiger partial charge in [-0.3, -0.25) is 0 Å². The summed E-state index contributed by atoms with van der Waals surface area (Å²) in [5.74, 6) is 1.55. The first kappa shape index (κ1) is 23.9. The number of sulfone groups is 1. The molecule has 1 saturated heterocycles. The molecule has 1 aromatic heterocycles. The van der Waals surface area contributed by atoms with Crippen LogP contribution < -0.4 is 5.32 Å². The molecule has 1 fully saturated rings. The fraction of sp³-hybridized carbons (Fsp3) is 0.500. The van der Waals surface area contributed by atoms with Gasteiger partial charge in [-0.1, -0.05) is 28.9 Å². The van der Waals surface area contributed by atoms with Crippen molar-refractivity contribution in [3.63, 3.8) is 0 Å². The highest BCUT2D eigenvalue weighted by Crippen LogP contribution is 2.24. The van der Waals surface area contributed by atoms with E-state index in [1.54, 1.807) is 26.0 Å². The van der Waals surface area contributed by atoms with E-state index in [-0.39, 0.29) is 36.3 Å². The Kier molecular flexibility index (Phi) is 7.91. The van der Waals surface area contributed by atoms with E-state index in [1.165, 1.54) is 0 Å². The number of hydrogen-bond acceptors (Lipinski definition) is 6. The molecule has 1 aromatic carbocycles.